The molecule has 4 N–H and O–H groups in total. The van der Waals surface area contributed by atoms with Crippen LogP contribution >= 0.6 is 0 Å². The van der Waals surface area contributed by atoms with Gasteiger partial charge in [-0.25, -0.2) is 4.79 Å². The van der Waals surface area contributed by atoms with E-state index in [4.69, 9.17) is 20.9 Å². The summed E-state index contributed by atoms with van der Waals surface area (Å²) >= 11 is 0. The van der Waals surface area contributed by atoms with Gasteiger partial charge in [0.15, 0.2) is 5.88 Å². The van der Waals surface area contributed by atoms with Gasteiger partial charge in [0, 0.05) is 32.3 Å². The fraction of sp³-hybridized carbons (Fsp3) is 0.643. The normalized spacial score (nSPS) is 17.7. The molecule has 1 rings (SSSR count). The second kappa shape index (κ2) is 7.10. The van der Waals surface area contributed by atoms with E-state index in [1.807, 2.05) is 25.7 Å². The zero-order chi connectivity index (χ0) is 16.0. The lowest BCUT2D eigenvalue weighted by Crippen LogP contribution is -2.50. The van der Waals surface area contributed by atoms with Crippen molar-refractivity contribution in [1.82, 2.24) is 9.80 Å². The highest BCUT2D eigenvalue weighted by atomic mass is 16.6. The summed E-state index contributed by atoms with van der Waals surface area (Å²) in [5.74, 6) is 0.893. The molecule has 0 saturated carbocycles. The Kier molecular flexibility index (Phi) is 5.75. The van der Waals surface area contributed by atoms with Gasteiger partial charge in [0.05, 0.1) is 12.9 Å². The van der Waals surface area contributed by atoms with Crippen molar-refractivity contribution in [2.24, 2.45) is 11.5 Å². The molecule has 7 heteroatoms. The summed E-state index contributed by atoms with van der Waals surface area (Å²) in [7, 11) is 1.50. The quantitative estimate of drug-likeness (QED) is 0.591. The zero-order valence-electron chi connectivity index (χ0n) is 13.3. The maximum Gasteiger partial charge on any atom is 0.410 e. The summed E-state index contributed by atoms with van der Waals surface area (Å²) < 4.78 is 10.2. The number of rotatable bonds is 3. The first-order chi connectivity index (χ1) is 9.73. The molecule has 0 unspecified atom stereocenters. The van der Waals surface area contributed by atoms with E-state index in [0.717, 1.165) is 0 Å². The number of carbonyl (C=O) groups is 1. The third-order valence-corrected chi connectivity index (χ3v) is 2.95. The van der Waals surface area contributed by atoms with Crippen molar-refractivity contribution < 1.29 is 14.3 Å². The Bertz CT molecular complexity index is 418. The highest BCUT2D eigenvalue weighted by Crippen LogP contribution is 2.12. The maximum atomic E-state index is 11.9. The predicted octanol–water partition coefficient (Wildman–Crippen LogP) is 0.786. The average Bonchev–Trinajstić information content (AvgIpc) is 2.42. The molecule has 7 nitrogen and oxygen atoms in total. The van der Waals surface area contributed by atoms with Gasteiger partial charge in [0.1, 0.15) is 5.60 Å². The SMILES string of the molecule is CO/C(N)=C/C=C(\N)N1CCN(C(=O)OC(C)(C)C)CC1. The molecule has 1 fully saturated rings. The van der Waals surface area contributed by atoms with E-state index >= 15 is 0 Å². The summed E-state index contributed by atoms with van der Waals surface area (Å²) in [5.41, 5.74) is 11.0. The monoisotopic (exact) mass is 298 g/mol. The standard InChI is InChI=1S/C14H26N4O3/c1-14(2,3)21-13(19)18-9-7-17(8-10-18)11(15)5-6-12(16)20-4/h5-6H,7-10,15-16H2,1-4H3/b11-5+,12-6+. The summed E-state index contributed by atoms with van der Waals surface area (Å²) in [5, 5.41) is 0. The molecule has 0 aromatic rings. The molecular formula is C14H26N4O3. The van der Waals surface area contributed by atoms with Gasteiger partial charge in [0.25, 0.3) is 0 Å². The van der Waals surface area contributed by atoms with Crippen molar-refractivity contribution in [2.45, 2.75) is 26.4 Å². The van der Waals surface area contributed by atoms with E-state index in [-0.39, 0.29) is 6.09 Å². The Morgan fingerprint density at radius 2 is 1.57 bits per heavy atom. The summed E-state index contributed by atoms with van der Waals surface area (Å²) in [6, 6.07) is 0. The average molecular weight is 298 g/mol. The van der Waals surface area contributed by atoms with Crippen LogP contribution in [0.25, 0.3) is 0 Å². The van der Waals surface area contributed by atoms with Crippen LogP contribution in [0.5, 0.6) is 0 Å². The number of hydrogen-bond donors (Lipinski definition) is 2. The first-order valence-electron chi connectivity index (χ1n) is 6.92. The molecule has 1 amide bonds. The van der Waals surface area contributed by atoms with E-state index in [2.05, 4.69) is 0 Å². The van der Waals surface area contributed by atoms with Crippen LogP contribution in [0.1, 0.15) is 20.8 Å². The number of nitrogens with two attached hydrogens (primary N) is 2. The minimum absolute atomic E-state index is 0.284. The molecule has 0 radical (unpaired) electrons. The molecule has 1 heterocycles. The summed E-state index contributed by atoms with van der Waals surface area (Å²) in [6.07, 6.45) is 3.02. The second-order valence-electron chi connectivity index (χ2n) is 5.82. The minimum atomic E-state index is -0.477. The van der Waals surface area contributed by atoms with Gasteiger partial charge >= 0.3 is 6.09 Å². The summed E-state index contributed by atoms with van der Waals surface area (Å²) in [4.78, 5) is 15.6. The number of ether oxygens (including phenoxy) is 2. The van der Waals surface area contributed by atoms with Crippen molar-refractivity contribution >= 4 is 6.09 Å². The molecule has 0 aromatic carbocycles. The molecule has 1 aliphatic rings. The lowest BCUT2D eigenvalue weighted by molar-refractivity contribution is 0.0168. The number of hydrogen-bond acceptors (Lipinski definition) is 6. The number of carbonyl (C=O) groups excluding carboxylic acids is 1. The Balaban J connectivity index is 2.50. The number of allylic oxidation sites excluding steroid dienone is 2. The zero-order valence-corrected chi connectivity index (χ0v) is 13.3. The van der Waals surface area contributed by atoms with Crippen LogP contribution in [-0.4, -0.2) is 54.8 Å². The van der Waals surface area contributed by atoms with Gasteiger partial charge in [-0.3, -0.25) is 0 Å². The minimum Gasteiger partial charge on any atom is -0.483 e. The highest BCUT2D eigenvalue weighted by molar-refractivity contribution is 5.68. The molecular weight excluding hydrogens is 272 g/mol. The lowest BCUT2D eigenvalue weighted by Gasteiger charge is -2.36. The predicted molar refractivity (Wildman–Crippen MR) is 80.9 cm³/mol. The van der Waals surface area contributed by atoms with Crippen LogP contribution in [0, 0.1) is 0 Å². The van der Waals surface area contributed by atoms with Gasteiger partial charge in [0.2, 0.25) is 0 Å². The van der Waals surface area contributed by atoms with E-state index < -0.39 is 5.60 Å². The Morgan fingerprint density at radius 3 is 2.05 bits per heavy atom. The van der Waals surface area contributed by atoms with E-state index in [1.165, 1.54) is 7.11 Å². The molecule has 0 spiro atoms. The van der Waals surface area contributed by atoms with Gasteiger partial charge in [-0.2, -0.15) is 0 Å². The Hall–Kier alpha value is -2.05. The van der Waals surface area contributed by atoms with Crippen LogP contribution in [0.2, 0.25) is 0 Å². The molecule has 120 valence electrons. The van der Waals surface area contributed by atoms with Crippen molar-refractivity contribution in [2.75, 3.05) is 33.3 Å². The molecule has 0 atom stereocenters. The van der Waals surface area contributed by atoms with Crippen LogP contribution in [-0.2, 0) is 9.47 Å². The number of nitrogens with zero attached hydrogens (tertiary/aromatic N) is 2. The first-order valence-corrected chi connectivity index (χ1v) is 6.92. The first kappa shape index (κ1) is 17.0. The maximum absolute atomic E-state index is 11.9. The lowest BCUT2D eigenvalue weighted by atomic mass is 10.2. The molecule has 0 bridgehead atoms. The van der Waals surface area contributed by atoms with Crippen molar-refractivity contribution in [3.05, 3.63) is 23.9 Å². The van der Waals surface area contributed by atoms with Crippen LogP contribution in [0.4, 0.5) is 4.79 Å². The van der Waals surface area contributed by atoms with Crippen LogP contribution < -0.4 is 11.5 Å². The van der Waals surface area contributed by atoms with Crippen molar-refractivity contribution in [1.29, 1.82) is 0 Å². The van der Waals surface area contributed by atoms with E-state index in [0.29, 0.717) is 37.9 Å². The third kappa shape index (κ3) is 5.85. The summed E-state index contributed by atoms with van der Waals surface area (Å²) in [6.45, 7) is 8.03. The molecule has 1 saturated heterocycles. The third-order valence-electron chi connectivity index (χ3n) is 2.95. The molecule has 0 aliphatic carbocycles. The highest BCUT2D eigenvalue weighted by Gasteiger charge is 2.25. The van der Waals surface area contributed by atoms with E-state index in [1.54, 1.807) is 17.1 Å². The fourth-order valence-electron chi connectivity index (χ4n) is 1.81. The van der Waals surface area contributed by atoms with E-state index in [9.17, 15) is 4.79 Å². The smallest absolute Gasteiger partial charge is 0.410 e. The van der Waals surface area contributed by atoms with Crippen LogP contribution in [0.15, 0.2) is 23.9 Å². The number of amides is 1. The van der Waals surface area contributed by atoms with Gasteiger partial charge in [-0.1, -0.05) is 0 Å². The second-order valence-corrected chi connectivity index (χ2v) is 5.82. The molecule has 21 heavy (non-hydrogen) atoms. The Morgan fingerprint density at radius 1 is 1.05 bits per heavy atom. The fourth-order valence-corrected chi connectivity index (χ4v) is 1.81. The topological polar surface area (TPSA) is 94.0 Å². The largest absolute Gasteiger partial charge is 0.483 e. The van der Waals surface area contributed by atoms with Gasteiger partial charge < -0.3 is 30.7 Å². The molecule has 0 aromatic heterocycles. The van der Waals surface area contributed by atoms with Gasteiger partial charge in [-0.05, 0) is 26.8 Å². The number of methoxy groups -OCH3 is 1. The van der Waals surface area contributed by atoms with Crippen molar-refractivity contribution in [3.8, 4) is 0 Å². The van der Waals surface area contributed by atoms with Gasteiger partial charge in [-0.15, -0.1) is 0 Å². The van der Waals surface area contributed by atoms with Crippen molar-refractivity contribution in [3.63, 3.8) is 0 Å². The molecule has 1 aliphatic heterocycles. The number of piperazine rings is 1. The van der Waals surface area contributed by atoms with Crippen LogP contribution in [0.3, 0.4) is 0 Å². The Labute approximate surface area is 126 Å².